The van der Waals surface area contributed by atoms with Gasteiger partial charge in [0.25, 0.3) is 5.89 Å². The lowest BCUT2D eigenvalue weighted by Crippen LogP contribution is -2.02. The van der Waals surface area contributed by atoms with E-state index in [2.05, 4.69) is 36.4 Å². The molecule has 102 valence electrons. The zero-order chi connectivity index (χ0) is 13.9. The fraction of sp³-hybridized carbons (Fsp3) is 0.231. The molecule has 6 nitrogen and oxygen atoms in total. The van der Waals surface area contributed by atoms with Crippen molar-refractivity contribution in [1.82, 2.24) is 25.1 Å². The Morgan fingerprint density at radius 1 is 1.25 bits per heavy atom. The summed E-state index contributed by atoms with van der Waals surface area (Å²) in [6, 6.07) is 7.95. The van der Waals surface area contributed by atoms with Crippen LogP contribution in [0.5, 0.6) is 0 Å². The molecule has 0 atom stereocenters. The van der Waals surface area contributed by atoms with E-state index in [4.69, 9.17) is 4.52 Å². The molecule has 20 heavy (non-hydrogen) atoms. The van der Waals surface area contributed by atoms with E-state index >= 15 is 0 Å². The molecule has 1 aromatic carbocycles. The smallest absolute Gasteiger partial charge is 0.257 e. The van der Waals surface area contributed by atoms with Crippen molar-refractivity contribution in [2.75, 3.05) is 0 Å². The van der Waals surface area contributed by atoms with Crippen molar-refractivity contribution in [2.45, 2.75) is 18.8 Å². The molecule has 0 fully saturated rings. The fourth-order valence-corrected chi connectivity index (χ4v) is 2.01. The molecule has 2 heterocycles. The molecule has 0 unspecified atom stereocenters. The van der Waals surface area contributed by atoms with Gasteiger partial charge in [0.15, 0.2) is 5.82 Å². The van der Waals surface area contributed by atoms with Crippen LogP contribution < -0.4 is 0 Å². The number of halogens is 1. The molecule has 7 heteroatoms. The average Bonchev–Trinajstić information content (AvgIpc) is 3.09. The van der Waals surface area contributed by atoms with Gasteiger partial charge in [0.2, 0.25) is 0 Å². The summed E-state index contributed by atoms with van der Waals surface area (Å²) in [5.41, 5.74) is 2.97. The number of aromatic nitrogens is 5. The predicted octanol–water partition coefficient (Wildman–Crippen LogP) is 2.58. The van der Waals surface area contributed by atoms with Gasteiger partial charge < -0.3 is 4.52 Å². The third-order valence-electron chi connectivity index (χ3n) is 2.79. The Balaban J connectivity index is 1.78. The second-order valence-corrected chi connectivity index (χ2v) is 4.98. The van der Waals surface area contributed by atoms with Crippen molar-refractivity contribution >= 4 is 15.9 Å². The number of rotatable bonds is 4. The zero-order valence-electron chi connectivity index (χ0n) is 10.8. The van der Waals surface area contributed by atoms with Crippen molar-refractivity contribution < 1.29 is 4.52 Å². The first-order valence-electron chi connectivity index (χ1n) is 6.09. The molecule has 0 radical (unpaired) electrons. The van der Waals surface area contributed by atoms with Crippen LogP contribution in [-0.4, -0.2) is 25.1 Å². The molecular weight excluding hydrogens is 322 g/mol. The molecule has 0 bridgehead atoms. The van der Waals surface area contributed by atoms with Gasteiger partial charge in [0.1, 0.15) is 6.54 Å². The largest absolute Gasteiger partial charge is 0.334 e. The second-order valence-electron chi connectivity index (χ2n) is 4.42. The molecule has 0 amide bonds. The highest BCUT2D eigenvalue weighted by molar-refractivity contribution is 9.08. The van der Waals surface area contributed by atoms with Gasteiger partial charge >= 0.3 is 0 Å². The molecule has 3 rings (SSSR count). The van der Waals surface area contributed by atoms with E-state index in [1.54, 1.807) is 4.68 Å². The Hall–Kier alpha value is -2.02. The lowest BCUT2D eigenvalue weighted by atomic mass is 10.1. The van der Waals surface area contributed by atoms with Gasteiger partial charge in [-0.05, 0) is 19.1 Å². The third-order valence-corrected chi connectivity index (χ3v) is 3.37. The lowest BCUT2D eigenvalue weighted by molar-refractivity contribution is 0.418. The lowest BCUT2D eigenvalue weighted by Gasteiger charge is -1.94. The van der Waals surface area contributed by atoms with Gasteiger partial charge in [-0.25, -0.2) is 4.68 Å². The quantitative estimate of drug-likeness (QED) is 0.686. The summed E-state index contributed by atoms with van der Waals surface area (Å²) in [7, 11) is 0. The van der Waals surface area contributed by atoms with Gasteiger partial charge in [-0.1, -0.05) is 44.0 Å². The first-order valence-corrected chi connectivity index (χ1v) is 7.21. The van der Waals surface area contributed by atoms with E-state index in [1.807, 2.05) is 37.4 Å². The molecule has 2 aromatic heterocycles. The minimum absolute atomic E-state index is 0.440. The highest BCUT2D eigenvalue weighted by atomic mass is 79.9. The Bertz CT molecular complexity index is 704. The van der Waals surface area contributed by atoms with Gasteiger partial charge in [0, 0.05) is 17.1 Å². The van der Waals surface area contributed by atoms with Crippen molar-refractivity contribution in [3.05, 3.63) is 47.5 Å². The molecular formula is C13H12BrN5O. The van der Waals surface area contributed by atoms with Crippen LogP contribution in [0.15, 0.2) is 35.0 Å². The summed E-state index contributed by atoms with van der Waals surface area (Å²) in [6.45, 7) is 2.48. The number of alkyl halides is 1. The molecule has 0 aliphatic rings. The summed E-state index contributed by atoms with van der Waals surface area (Å²) >= 11 is 3.33. The Labute approximate surface area is 123 Å². The summed E-state index contributed by atoms with van der Waals surface area (Å²) in [5, 5.41) is 12.6. The standard InChI is InChI=1S/C13H12BrN5O/c1-9-2-4-10(5-3-9)13-15-12(17-20-13)8-19-7-11(6-14)16-18-19/h2-5,7H,6,8H2,1H3. The maximum absolute atomic E-state index is 5.26. The van der Waals surface area contributed by atoms with Crippen LogP contribution in [0.4, 0.5) is 0 Å². The molecule has 0 saturated carbocycles. The first-order chi connectivity index (χ1) is 9.74. The van der Waals surface area contributed by atoms with Crippen LogP contribution in [0.1, 0.15) is 17.1 Å². The highest BCUT2D eigenvalue weighted by Gasteiger charge is 2.10. The van der Waals surface area contributed by atoms with Crippen molar-refractivity contribution in [1.29, 1.82) is 0 Å². The predicted molar refractivity (Wildman–Crippen MR) is 76.2 cm³/mol. The monoisotopic (exact) mass is 333 g/mol. The number of benzene rings is 1. The molecule has 3 aromatic rings. The topological polar surface area (TPSA) is 69.6 Å². The second kappa shape index (κ2) is 5.54. The van der Waals surface area contributed by atoms with Crippen LogP contribution in [0, 0.1) is 6.92 Å². The van der Waals surface area contributed by atoms with E-state index < -0.39 is 0 Å². The Morgan fingerprint density at radius 3 is 2.75 bits per heavy atom. The number of hydrogen-bond acceptors (Lipinski definition) is 5. The minimum atomic E-state index is 0.440. The van der Waals surface area contributed by atoms with Crippen molar-refractivity contribution in [3.63, 3.8) is 0 Å². The summed E-state index contributed by atoms with van der Waals surface area (Å²) in [5.74, 6) is 1.09. The molecule has 0 N–H and O–H groups in total. The van der Waals surface area contributed by atoms with Crippen molar-refractivity contribution in [2.24, 2.45) is 0 Å². The average molecular weight is 334 g/mol. The highest BCUT2D eigenvalue weighted by Crippen LogP contribution is 2.17. The van der Waals surface area contributed by atoms with E-state index in [9.17, 15) is 0 Å². The van der Waals surface area contributed by atoms with Crippen LogP contribution in [-0.2, 0) is 11.9 Å². The minimum Gasteiger partial charge on any atom is -0.334 e. The van der Waals surface area contributed by atoms with Gasteiger partial charge in [-0.3, -0.25) is 0 Å². The van der Waals surface area contributed by atoms with Crippen LogP contribution >= 0.6 is 15.9 Å². The third kappa shape index (κ3) is 2.77. The summed E-state index contributed by atoms with van der Waals surface area (Å²) in [6.07, 6.45) is 1.84. The zero-order valence-corrected chi connectivity index (χ0v) is 12.4. The SMILES string of the molecule is Cc1ccc(-c2nc(Cn3cc(CBr)nn3)no2)cc1. The van der Waals surface area contributed by atoms with Crippen LogP contribution in [0.25, 0.3) is 11.5 Å². The summed E-state index contributed by atoms with van der Waals surface area (Å²) < 4.78 is 6.94. The molecule has 0 saturated heterocycles. The number of nitrogens with zero attached hydrogens (tertiary/aromatic N) is 5. The summed E-state index contributed by atoms with van der Waals surface area (Å²) in [4.78, 5) is 4.36. The Morgan fingerprint density at radius 2 is 2.05 bits per heavy atom. The number of hydrogen-bond donors (Lipinski definition) is 0. The van der Waals surface area contributed by atoms with E-state index in [0.29, 0.717) is 23.6 Å². The molecule has 0 aliphatic carbocycles. The van der Waals surface area contributed by atoms with E-state index in [1.165, 1.54) is 5.56 Å². The first kappa shape index (κ1) is 13.0. The maximum Gasteiger partial charge on any atom is 0.257 e. The maximum atomic E-state index is 5.26. The van der Waals surface area contributed by atoms with Crippen molar-refractivity contribution in [3.8, 4) is 11.5 Å². The van der Waals surface area contributed by atoms with Gasteiger partial charge in [-0.2, -0.15) is 4.98 Å². The van der Waals surface area contributed by atoms with E-state index in [-0.39, 0.29) is 0 Å². The molecule has 0 aliphatic heterocycles. The van der Waals surface area contributed by atoms with Gasteiger partial charge in [-0.15, -0.1) is 5.10 Å². The van der Waals surface area contributed by atoms with Crippen LogP contribution in [0.2, 0.25) is 0 Å². The molecule has 0 spiro atoms. The Kier molecular flexibility index (Phi) is 3.60. The number of aryl methyl sites for hydroxylation is 1. The fourth-order valence-electron chi connectivity index (χ4n) is 1.75. The van der Waals surface area contributed by atoms with E-state index in [0.717, 1.165) is 11.3 Å². The van der Waals surface area contributed by atoms with Gasteiger partial charge in [0.05, 0.1) is 5.69 Å². The van der Waals surface area contributed by atoms with Crippen LogP contribution in [0.3, 0.4) is 0 Å². The normalized spacial score (nSPS) is 10.9.